The Morgan fingerprint density at radius 2 is 1.94 bits per heavy atom. The summed E-state index contributed by atoms with van der Waals surface area (Å²) in [6, 6.07) is 6.07. The molecule has 1 aliphatic rings. The van der Waals surface area contributed by atoms with Gasteiger partial charge in [-0.1, -0.05) is 19.9 Å². The summed E-state index contributed by atoms with van der Waals surface area (Å²) in [7, 11) is 0. The predicted molar refractivity (Wildman–Crippen MR) is 77.2 cm³/mol. The number of ether oxygens (including phenoxy) is 1. The lowest BCUT2D eigenvalue weighted by Crippen LogP contribution is -2.39. The fraction of sp³-hybridized carbons (Fsp3) is 0.600. The molecule has 0 saturated carbocycles. The molecule has 100 valence electrons. The van der Waals surface area contributed by atoms with E-state index in [1.54, 1.807) is 0 Å². The minimum absolute atomic E-state index is 0.653. The molecule has 2 unspecified atom stereocenters. The van der Waals surface area contributed by atoms with Crippen LogP contribution >= 0.6 is 0 Å². The van der Waals surface area contributed by atoms with Crippen LogP contribution in [0.15, 0.2) is 18.2 Å². The molecular weight excluding hydrogens is 224 g/mol. The first-order valence-electron chi connectivity index (χ1n) is 6.88. The highest BCUT2D eigenvalue weighted by molar-refractivity contribution is 5.74. The minimum atomic E-state index is 0.653. The molecule has 0 spiro atoms. The van der Waals surface area contributed by atoms with Gasteiger partial charge in [0.05, 0.1) is 18.0 Å². The molecule has 1 aromatic rings. The molecule has 0 amide bonds. The number of piperidine rings is 1. The van der Waals surface area contributed by atoms with Crippen molar-refractivity contribution in [2.45, 2.75) is 27.2 Å². The number of hydrogen-bond acceptors (Lipinski definition) is 3. The second-order valence-corrected chi connectivity index (χ2v) is 5.47. The van der Waals surface area contributed by atoms with E-state index in [4.69, 9.17) is 10.5 Å². The highest BCUT2D eigenvalue weighted by Crippen LogP contribution is 2.35. The maximum atomic E-state index is 6.22. The zero-order valence-electron chi connectivity index (χ0n) is 11.6. The third-order valence-corrected chi connectivity index (χ3v) is 3.55. The average Bonchev–Trinajstić information content (AvgIpc) is 2.31. The number of hydrogen-bond donors (Lipinski definition) is 1. The van der Waals surface area contributed by atoms with Crippen molar-refractivity contribution >= 4 is 11.4 Å². The maximum Gasteiger partial charge on any atom is 0.144 e. The van der Waals surface area contributed by atoms with Gasteiger partial charge in [-0.25, -0.2) is 0 Å². The quantitative estimate of drug-likeness (QED) is 0.835. The summed E-state index contributed by atoms with van der Waals surface area (Å²) in [4.78, 5) is 2.40. The van der Waals surface area contributed by atoms with Crippen molar-refractivity contribution in [1.29, 1.82) is 0 Å². The van der Waals surface area contributed by atoms with Crippen LogP contribution in [-0.2, 0) is 0 Å². The van der Waals surface area contributed by atoms with E-state index in [0.29, 0.717) is 6.61 Å². The summed E-state index contributed by atoms with van der Waals surface area (Å²) in [5.41, 5.74) is 8.13. The van der Waals surface area contributed by atoms with Gasteiger partial charge in [0.2, 0.25) is 0 Å². The first kappa shape index (κ1) is 13.1. The van der Waals surface area contributed by atoms with Gasteiger partial charge in [-0.05, 0) is 37.3 Å². The Morgan fingerprint density at radius 1 is 1.28 bits per heavy atom. The van der Waals surface area contributed by atoms with E-state index in [1.165, 1.54) is 6.42 Å². The van der Waals surface area contributed by atoms with E-state index in [-0.39, 0.29) is 0 Å². The summed E-state index contributed by atoms with van der Waals surface area (Å²) in [6.07, 6.45) is 1.31. The molecule has 0 bridgehead atoms. The average molecular weight is 248 g/mol. The summed E-state index contributed by atoms with van der Waals surface area (Å²) < 4.78 is 5.57. The van der Waals surface area contributed by atoms with Crippen molar-refractivity contribution in [2.24, 2.45) is 11.8 Å². The van der Waals surface area contributed by atoms with E-state index in [2.05, 4.69) is 24.8 Å². The Hall–Kier alpha value is -1.38. The highest BCUT2D eigenvalue weighted by Gasteiger charge is 2.23. The molecule has 3 nitrogen and oxygen atoms in total. The zero-order chi connectivity index (χ0) is 13.1. The van der Waals surface area contributed by atoms with Gasteiger partial charge < -0.3 is 15.4 Å². The van der Waals surface area contributed by atoms with Crippen LogP contribution in [-0.4, -0.2) is 19.7 Å². The molecule has 18 heavy (non-hydrogen) atoms. The fourth-order valence-electron chi connectivity index (χ4n) is 2.95. The summed E-state index contributed by atoms with van der Waals surface area (Å²) >= 11 is 0. The standard InChI is InChI=1S/C15H24N2O/c1-4-18-14-7-5-6-13(15(14)16)17-9-11(2)8-12(3)10-17/h5-7,11-12H,4,8-10,16H2,1-3H3. The monoisotopic (exact) mass is 248 g/mol. The zero-order valence-corrected chi connectivity index (χ0v) is 11.6. The van der Waals surface area contributed by atoms with Gasteiger partial charge in [-0.15, -0.1) is 0 Å². The Labute approximate surface area is 110 Å². The van der Waals surface area contributed by atoms with Gasteiger partial charge in [0.15, 0.2) is 0 Å². The Balaban J connectivity index is 2.24. The lowest BCUT2D eigenvalue weighted by molar-refractivity contribution is 0.340. The number of nitrogens with zero attached hydrogens (tertiary/aromatic N) is 1. The SMILES string of the molecule is CCOc1cccc(N2CC(C)CC(C)C2)c1N. The molecule has 1 aromatic carbocycles. The first-order chi connectivity index (χ1) is 8.61. The normalized spacial score (nSPS) is 24.1. The van der Waals surface area contributed by atoms with Crippen LogP contribution in [0.1, 0.15) is 27.2 Å². The number of nitrogens with two attached hydrogens (primary N) is 1. The van der Waals surface area contributed by atoms with Gasteiger partial charge in [0.1, 0.15) is 5.75 Å². The molecule has 2 N–H and O–H groups in total. The van der Waals surface area contributed by atoms with Gasteiger partial charge in [0.25, 0.3) is 0 Å². The van der Waals surface area contributed by atoms with Crippen LogP contribution in [0.25, 0.3) is 0 Å². The number of nitrogen functional groups attached to an aromatic ring is 1. The van der Waals surface area contributed by atoms with Gasteiger partial charge in [-0.2, -0.15) is 0 Å². The first-order valence-corrected chi connectivity index (χ1v) is 6.88. The second-order valence-electron chi connectivity index (χ2n) is 5.47. The summed E-state index contributed by atoms with van der Waals surface area (Å²) in [6.45, 7) is 9.43. The van der Waals surface area contributed by atoms with Crippen molar-refractivity contribution in [3.05, 3.63) is 18.2 Å². The summed E-state index contributed by atoms with van der Waals surface area (Å²) in [5, 5.41) is 0. The van der Waals surface area contributed by atoms with Crippen molar-refractivity contribution in [2.75, 3.05) is 30.3 Å². The van der Waals surface area contributed by atoms with E-state index in [0.717, 1.165) is 42.0 Å². The van der Waals surface area contributed by atoms with Crippen LogP contribution in [0.4, 0.5) is 11.4 Å². The molecule has 2 rings (SSSR count). The molecule has 0 aliphatic carbocycles. The molecular formula is C15H24N2O. The number of rotatable bonds is 3. The molecule has 0 aromatic heterocycles. The van der Waals surface area contributed by atoms with Crippen molar-refractivity contribution < 1.29 is 4.74 Å². The van der Waals surface area contributed by atoms with Gasteiger partial charge in [-0.3, -0.25) is 0 Å². The van der Waals surface area contributed by atoms with Crippen molar-refractivity contribution in [3.63, 3.8) is 0 Å². The van der Waals surface area contributed by atoms with Gasteiger partial charge >= 0.3 is 0 Å². The molecule has 3 heteroatoms. The second kappa shape index (κ2) is 5.51. The number of anilines is 2. The van der Waals surface area contributed by atoms with Crippen LogP contribution < -0.4 is 15.4 Å². The van der Waals surface area contributed by atoms with E-state index in [1.807, 2.05) is 19.1 Å². The van der Waals surface area contributed by atoms with E-state index >= 15 is 0 Å². The smallest absolute Gasteiger partial charge is 0.144 e. The third kappa shape index (κ3) is 2.71. The largest absolute Gasteiger partial charge is 0.492 e. The third-order valence-electron chi connectivity index (χ3n) is 3.55. The molecule has 1 fully saturated rings. The molecule has 1 aliphatic heterocycles. The molecule has 0 radical (unpaired) electrons. The Morgan fingerprint density at radius 3 is 2.56 bits per heavy atom. The lowest BCUT2D eigenvalue weighted by Gasteiger charge is -2.37. The topological polar surface area (TPSA) is 38.5 Å². The van der Waals surface area contributed by atoms with E-state index < -0.39 is 0 Å². The Kier molecular flexibility index (Phi) is 4.00. The lowest BCUT2D eigenvalue weighted by atomic mass is 9.91. The van der Waals surface area contributed by atoms with Crippen LogP contribution in [0.3, 0.4) is 0 Å². The minimum Gasteiger partial charge on any atom is -0.492 e. The summed E-state index contributed by atoms with van der Waals surface area (Å²) in [5.74, 6) is 2.26. The van der Waals surface area contributed by atoms with E-state index in [9.17, 15) is 0 Å². The van der Waals surface area contributed by atoms with Crippen LogP contribution in [0, 0.1) is 11.8 Å². The number of para-hydroxylation sites is 1. The predicted octanol–water partition coefficient (Wildman–Crippen LogP) is 3.15. The highest BCUT2D eigenvalue weighted by atomic mass is 16.5. The van der Waals surface area contributed by atoms with Crippen molar-refractivity contribution in [3.8, 4) is 5.75 Å². The van der Waals surface area contributed by atoms with Crippen LogP contribution in [0.5, 0.6) is 5.75 Å². The number of benzene rings is 1. The molecule has 1 saturated heterocycles. The Bertz CT molecular complexity index is 395. The molecule has 1 heterocycles. The maximum absolute atomic E-state index is 6.22. The fourth-order valence-corrected chi connectivity index (χ4v) is 2.95. The van der Waals surface area contributed by atoms with Crippen LogP contribution in [0.2, 0.25) is 0 Å². The van der Waals surface area contributed by atoms with Crippen molar-refractivity contribution in [1.82, 2.24) is 0 Å². The molecule has 2 atom stereocenters. The van der Waals surface area contributed by atoms with Gasteiger partial charge in [0, 0.05) is 13.1 Å².